The fraction of sp³-hybridized carbons (Fsp3) is 0.500. The molecule has 3 nitrogen and oxygen atoms in total. The molecule has 1 aliphatic rings. The van der Waals surface area contributed by atoms with Gasteiger partial charge in [0, 0.05) is 23.7 Å². The van der Waals surface area contributed by atoms with Crippen LogP contribution in [0.4, 0.5) is 5.69 Å². The van der Waals surface area contributed by atoms with Gasteiger partial charge < -0.3 is 14.4 Å². The van der Waals surface area contributed by atoms with Crippen molar-refractivity contribution in [3.05, 3.63) is 27.2 Å². The maximum atomic E-state index is 6.14. The van der Waals surface area contributed by atoms with Crippen molar-refractivity contribution in [3.63, 3.8) is 0 Å². The summed E-state index contributed by atoms with van der Waals surface area (Å²) in [7, 11) is 3.33. The van der Waals surface area contributed by atoms with Gasteiger partial charge in [0.15, 0.2) is 0 Å². The molecule has 0 radical (unpaired) electrons. The molecule has 1 saturated heterocycles. The monoisotopic (exact) mass is 319 g/mol. The Hall–Kier alpha value is -0.290. The largest absolute Gasteiger partial charge is 0.360 e. The quantitative estimate of drug-likeness (QED) is 0.798. The average molecular weight is 321 g/mol. The van der Waals surface area contributed by atoms with E-state index in [2.05, 4.69) is 20.8 Å². The molecule has 1 fully saturated rings. The summed E-state index contributed by atoms with van der Waals surface area (Å²) >= 11 is 9.70. The Morgan fingerprint density at radius 1 is 1.29 bits per heavy atom. The van der Waals surface area contributed by atoms with Gasteiger partial charge in [0.05, 0.1) is 18.8 Å². The summed E-state index contributed by atoms with van der Waals surface area (Å²) in [5.41, 5.74) is 2.14. The molecule has 0 N–H and O–H groups in total. The Kier molecular flexibility index (Phi) is 3.69. The minimum atomic E-state index is -0.475. The zero-order valence-electron chi connectivity index (χ0n) is 10.1. The number of ether oxygens (including phenoxy) is 2. The highest BCUT2D eigenvalue weighted by Crippen LogP contribution is 2.37. The van der Waals surface area contributed by atoms with Gasteiger partial charge in [-0.15, -0.1) is 0 Å². The molecule has 5 heteroatoms. The molecule has 0 aliphatic carbocycles. The average Bonchev–Trinajstić information content (AvgIpc) is 2.25. The fourth-order valence-electron chi connectivity index (χ4n) is 1.93. The first kappa shape index (κ1) is 13.1. The van der Waals surface area contributed by atoms with Crippen LogP contribution in [0.25, 0.3) is 0 Å². The third-order valence-electron chi connectivity index (χ3n) is 3.18. The van der Waals surface area contributed by atoms with Crippen molar-refractivity contribution in [1.29, 1.82) is 0 Å². The van der Waals surface area contributed by atoms with Crippen molar-refractivity contribution >= 4 is 33.2 Å². The van der Waals surface area contributed by atoms with E-state index in [0.717, 1.165) is 20.7 Å². The number of rotatable bonds is 3. The lowest BCUT2D eigenvalue weighted by Gasteiger charge is -2.49. The van der Waals surface area contributed by atoms with E-state index < -0.39 is 5.79 Å². The smallest absolute Gasteiger partial charge is 0.203 e. The minimum absolute atomic E-state index is 0.475. The van der Waals surface area contributed by atoms with Crippen LogP contribution < -0.4 is 4.90 Å². The molecule has 1 aromatic carbocycles. The molecule has 0 saturated carbocycles. The fourth-order valence-corrected chi connectivity index (χ4v) is 2.79. The van der Waals surface area contributed by atoms with Crippen LogP contribution in [0, 0.1) is 6.92 Å². The Morgan fingerprint density at radius 3 is 2.41 bits per heavy atom. The van der Waals surface area contributed by atoms with Crippen LogP contribution in [0.5, 0.6) is 0 Å². The Labute approximate surface area is 115 Å². The van der Waals surface area contributed by atoms with Crippen molar-refractivity contribution in [2.45, 2.75) is 12.7 Å². The van der Waals surface area contributed by atoms with E-state index in [4.69, 9.17) is 21.1 Å². The van der Waals surface area contributed by atoms with Crippen molar-refractivity contribution in [3.8, 4) is 0 Å². The van der Waals surface area contributed by atoms with E-state index >= 15 is 0 Å². The van der Waals surface area contributed by atoms with Gasteiger partial charge in [0.1, 0.15) is 0 Å². The molecule has 17 heavy (non-hydrogen) atoms. The minimum Gasteiger partial charge on any atom is -0.360 e. The third kappa shape index (κ3) is 2.32. The lowest BCUT2D eigenvalue weighted by atomic mass is 10.1. The predicted molar refractivity (Wildman–Crippen MR) is 72.9 cm³/mol. The molecule has 1 aliphatic heterocycles. The molecule has 0 spiro atoms. The van der Waals surface area contributed by atoms with Crippen LogP contribution in [0.15, 0.2) is 16.6 Å². The summed E-state index contributed by atoms with van der Waals surface area (Å²) in [6.45, 7) is 3.40. The zero-order chi connectivity index (χ0) is 12.6. The number of methoxy groups -OCH3 is 2. The van der Waals surface area contributed by atoms with Gasteiger partial charge in [-0.3, -0.25) is 0 Å². The van der Waals surface area contributed by atoms with E-state index in [9.17, 15) is 0 Å². The van der Waals surface area contributed by atoms with Crippen molar-refractivity contribution < 1.29 is 9.47 Å². The molecule has 0 bridgehead atoms. The predicted octanol–water partition coefficient (Wildman–Crippen LogP) is 3.22. The standard InChI is InChI=1S/C12H15BrClNO2/c1-8-4-9(13)11(5-10(8)14)15-6-12(7-15,16-2)17-3/h4-5H,6-7H2,1-3H3. The molecule has 94 valence electrons. The highest BCUT2D eigenvalue weighted by molar-refractivity contribution is 9.10. The number of halogens is 2. The lowest BCUT2D eigenvalue weighted by molar-refractivity contribution is -0.219. The second-order valence-corrected chi connectivity index (χ2v) is 5.49. The normalized spacial score (nSPS) is 18.1. The Morgan fingerprint density at radius 2 is 1.88 bits per heavy atom. The van der Waals surface area contributed by atoms with Crippen LogP contribution in [0.2, 0.25) is 5.02 Å². The second-order valence-electron chi connectivity index (χ2n) is 4.23. The number of hydrogen-bond acceptors (Lipinski definition) is 3. The summed E-state index contributed by atoms with van der Waals surface area (Å²) in [5, 5.41) is 0.774. The van der Waals surface area contributed by atoms with Gasteiger partial charge in [0.2, 0.25) is 5.79 Å². The molecular formula is C12H15BrClNO2. The first-order chi connectivity index (χ1) is 8.01. The summed E-state index contributed by atoms with van der Waals surface area (Å²) in [6.07, 6.45) is 0. The zero-order valence-corrected chi connectivity index (χ0v) is 12.4. The summed E-state index contributed by atoms with van der Waals surface area (Å²) in [4.78, 5) is 2.17. The molecular weight excluding hydrogens is 305 g/mol. The van der Waals surface area contributed by atoms with Crippen LogP contribution in [0.1, 0.15) is 5.56 Å². The number of benzene rings is 1. The van der Waals surface area contributed by atoms with Gasteiger partial charge in [-0.05, 0) is 40.5 Å². The highest BCUT2D eigenvalue weighted by Gasteiger charge is 2.44. The summed E-state index contributed by atoms with van der Waals surface area (Å²) < 4.78 is 11.8. The first-order valence-electron chi connectivity index (χ1n) is 5.32. The number of hydrogen-bond donors (Lipinski definition) is 0. The number of aryl methyl sites for hydroxylation is 1. The summed E-state index contributed by atoms with van der Waals surface area (Å²) in [5.74, 6) is -0.475. The molecule has 2 rings (SSSR count). The molecule has 0 aromatic heterocycles. The van der Waals surface area contributed by atoms with Crippen LogP contribution in [0.3, 0.4) is 0 Å². The first-order valence-corrected chi connectivity index (χ1v) is 6.49. The van der Waals surface area contributed by atoms with E-state index in [-0.39, 0.29) is 0 Å². The van der Waals surface area contributed by atoms with E-state index in [1.54, 1.807) is 14.2 Å². The third-order valence-corrected chi connectivity index (χ3v) is 4.22. The maximum Gasteiger partial charge on any atom is 0.203 e. The second kappa shape index (κ2) is 4.76. The molecule has 0 unspecified atom stereocenters. The SMILES string of the molecule is COC1(OC)CN(c2cc(Cl)c(C)cc2Br)C1. The van der Waals surface area contributed by atoms with E-state index in [1.165, 1.54) is 0 Å². The number of anilines is 1. The van der Waals surface area contributed by atoms with Crippen molar-refractivity contribution in [2.24, 2.45) is 0 Å². The maximum absolute atomic E-state index is 6.14. The van der Waals surface area contributed by atoms with Gasteiger partial charge in [0.25, 0.3) is 0 Å². The highest BCUT2D eigenvalue weighted by atomic mass is 79.9. The van der Waals surface area contributed by atoms with E-state index in [0.29, 0.717) is 13.1 Å². The van der Waals surface area contributed by atoms with Gasteiger partial charge >= 0.3 is 0 Å². The van der Waals surface area contributed by atoms with Gasteiger partial charge in [-0.2, -0.15) is 0 Å². The molecule has 0 atom stereocenters. The van der Waals surface area contributed by atoms with Gasteiger partial charge in [-0.25, -0.2) is 0 Å². The van der Waals surface area contributed by atoms with Crippen LogP contribution in [-0.4, -0.2) is 33.1 Å². The number of nitrogens with zero attached hydrogens (tertiary/aromatic N) is 1. The van der Waals surface area contributed by atoms with Crippen molar-refractivity contribution in [1.82, 2.24) is 0 Å². The molecule has 1 aromatic rings. The van der Waals surface area contributed by atoms with Crippen molar-refractivity contribution in [2.75, 3.05) is 32.2 Å². The summed E-state index contributed by atoms with van der Waals surface area (Å²) in [6, 6.07) is 3.99. The molecule has 0 amide bonds. The Balaban J connectivity index is 2.19. The molecule has 1 heterocycles. The van der Waals surface area contributed by atoms with E-state index in [1.807, 2.05) is 19.1 Å². The Bertz CT molecular complexity index is 427. The van der Waals surface area contributed by atoms with Crippen LogP contribution >= 0.6 is 27.5 Å². The topological polar surface area (TPSA) is 21.7 Å². The van der Waals surface area contributed by atoms with Gasteiger partial charge in [-0.1, -0.05) is 11.6 Å². The van der Waals surface area contributed by atoms with Crippen LogP contribution in [-0.2, 0) is 9.47 Å². The lowest BCUT2D eigenvalue weighted by Crippen LogP contribution is -2.64.